The van der Waals surface area contributed by atoms with Gasteiger partial charge in [-0.05, 0) is 32.9 Å². The van der Waals surface area contributed by atoms with Crippen molar-refractivity contribution in [2.45, 2.75) is 33.5 Å². The predicted octanol–water partition coefficient (Wildman–Crippen LogP) is 3.87. The van der Waals surface area contributed by atoms with Gasteiger partial charge in [0.2, 0.25) is 0 Å². The van der Waals surface area contributed by atoms with Gasteiger partial charge < -0.3 is 14.2 Å². The maximum absolute atomic E-state index is 11.9. The molecule has 0 aliphatic carbocycles. The van der Waals surface area contributed by atoms with Crippen molar-refractivity contribution in [2.75, 3.05) is 25.7 Å². The molecule has 0 aromatic heterocycles. The van der Waals surface area contributed by atoms with Gasteiger partial charge in [-0.3, -0.25) is 4.90 Å². The molecule has 0 unspecified atom stereocenters. The zero-order chi connectivity index (χ0) is 16.0. The first-order valence-corrected chi connectivity index (χ1v) is 7.17. The van der Waals surface area contributed by atoms with E-state index < -0.39 is 6.09 Å². The molecule has 21 heavy (non-hydrogen) atoms. The van der Waals surface area contributed by atoms with Crippen molar-refractivity contribution in [2.24, 2.45) is 0 Å². The largest absolute Gasteiger partial charge is 0.492 e. The van der Waals surface area contributed by atoms with Gasteiger partial charge in [-0.2, -0.15) is 0 Å². The fraction of sp³-hybridized carbons (Fsp3) is 0.533. The summed E-state index contributed by atoms with van der Waals surface area (Å²) in [7, 11) is 3.22. The summed E-state index contributed by atoms with van der Waals surface area (Å²) in [5, 5.41) is 0.436. The van der Waals surface area contributed by atoms with Crippen LogP contribution in [0.2, 0.25) is 5.02 Å². The lowest BCUT2D eigenvalue weighted by Crippen LogP contribution is -2.29. The normalized spacial score (nSPS) is 10.6. The lowest BCUT2D eigenvalue weighted by atomic mass is 10.1. The molecular weight excluding hydrogens is 294 g/mol. The number of hydrogen-bond acceptors (Lipinski definition) is 4. The molecule has 1 amide bonds. The van der Waals surface area contributed by atoms with E-state index in [1.165, 1.54) is 4.90 Å². The molecule has 1 aromatic rings. The third kappa shape index (κ3) is 4.79. The van der Waals surface area contributed by atoms with E-state index in [1.807, 2.05) is 13.0 Å². The number of methoxy groups -OCH3 is 1. The highest BCUT2D eigenvalue weighted by Gasteiger charge is 2.18. The molecule has 6 heteroatoms. The lowest BCUT2D eigenvalue weighted by molar-refractivity contribution is 0.124. The second-order valence-electron chi connectivity index (χ2n) is 4.77. The molecule has 0 atom stereocenters. The van der Waals surface area contributed by atoms with Crippen molar-refractivity contribution >= 4 is 23.4 Å². The fourth-order valence-corrected chi connectivity index (χ4v) is 2.07. The summed E-state index contributed by atoms with van der Waals surface area (Å²) >= 11 is 6.24. The molecule has 0 heterocycles. The number of hydrogen-bond donors (Lipinski definition) is 0. The Labute approximate surface area is 130 Å². The average Bonchev–Trinajstić information content (AvgIpc) is 2.41. The molecule has 1 aromatic carbocycles. The van der Waals surface area contributed by atoms with Crippen LogP contribution in [0.5, 0.6) is 5.75 Å². The zero-order valence-corrected chi connectivity index (χ0v) is 13.9. The first-order chi connectivity index (χ1) is 9.90. The smallest absolute Gasteiger partial charge is 0.414 e. The van der Waals surface area contributed by atoms with Crippen LogP contribution in [0.25, 0.3) is 0 Å². The second kappa shape index (κ2) is 8.10. The van der Waals surface area contributed by atoms with E-state index in [0.29, 0.717) is 29.7 Å². The van der Waals surface area contributed by atoms with Crippen LogP contribution in [0.3, 0.4) is 0 Å². The van der Waals surface area contributed by atoms with Crippen LogP contribution < -0.4 is 9.64 Å². The maximum Gasteiger partial charge on any atom is 0.414 e. The van der Waals surface area contributed by atoms with E-state index in [2.05, 4.69) is 0 Å². The summed E-state index contributed by atoms with van der Waals surface area (Å²) in [4.78, 5) is 13.3. The summed E-state index contributed by atoms with van der Waals surface area (Å²) < 4.78 is 15.9. The van der Waals surface area contributed by atoms with E-state index in [0.717, 1.165) is 5.56 Å². The van der Waals surface area contributed by atoms with Crippen molar-refractivity contribution in [1.82, 2.24) is 0 Å². The summed E-state index contributed by atoms with van der Waals surface area (Å²) in [5.74, 6) is 0.579. The highest BCUT2D eigenvalue weighted by molar-refractivity contribution is 6.32. The van der Waals surface area contributed by atoms with Crippen LogP contribution in [-0.2, 0) is 16.1 Å². The van der Waals surface area contributed by atoms with Gasteiger partial charge >= 0.3 is 6.09 Å². The van der Waals surface area contributed by atoms with E-state index in [-0.39, 0.29) is 6.10 Å². The highest BCUT2D eigenvalue weighted by atomic mass is 35.5. The van der Waals surface area contributed by atoms with Gasteiger partial charge in [0.05, 0.1) is 24.3 Å². The number of ether oxygens (including phenoxy) is 3. The van der Waals surface area contributed by atoms with E-state index in [4.69, 9.17) is 25.8 Å². The van der Waals surface area contributed by atoms with Gasteiger partial charge in [0, 0.05) is 25.4 Å². The van der Waals surface area contributed by atoms with E-state index >= 15 is 0 Å². The van der Waals surface area contributed by atoms with Crippen LogP contribution in [0, 0.1) is 0 Å². The summed E-state index contributed by atoms with van der Waals surface area (Å²) in [6.45, 7) is 6.32. The third-order valence-electron chi connectivity index (χ3n) is 2.69. The van der Waals surface area contributed by atoms with Gasteiger partial charge in [0.1, 0.15) is 5.75 Å². The van der Waals surface area contributed by atoms with Crippen molar-refractivity contribution in [1.29, 1.82) is 0 Å². The number of rotatable bonds is 6. The van der Waals surface area contributed by atoms with Crippen molar-refractivity contribution in [3.8, 4) is 5.75 Å². The molecule has 5 nitrogen and oxygen atoms in total. The average molecular weight is 316 g/mol. The standard InChI is InChI=1S/C15H22ClNO4/c1-6-20-14-11(9-19-5)7-12(8-13(14)16)17(4)15(18)21-10(2)3/h7-8,10H,6,9H2,1-5H3. The molecule has 0 bridgehead atoms. The fourth-order valence-electron chi connectivity index (χ4n) is 1.78. The molecule has 0 saturated carbocycles. The Kier molecular flexibility index (Phi) is 6.78. The van der Waals surface area contributed by atoms with E-state index in [9.17, 15) is 4.79 Å². The Morgan fingerprint density at radius 1 is 1.38 bits per heavy atom. The monoisotopic (exact) mass is 315 g/mol. The van der Waals surface area contributed by atoms with Gasteiger partial charge in [-0.1, -0.05) is 11.6 Å². The predicted molar refractivity (Wildman–Crippen MR) is 83.4 cm³/mol. The Balaban J connectivity index is 3.11. The molecule has 0 saturated heterocycles. The summed E-state index contributed by atoms with van der Waals surface area (Å²) in [6, 6.07) is 3.48. The summed E-state index contributed by atoms with van der Waals surface area (Å²) in [6.07, 6.45) is -0.620. The number of nitrogens with zero attached hydrogens (tertiary/aromatic N) is 1. The Hall–Kier alpha value is -1.46. The molecule has 0 aliphatic heterocycles. The minimum atomic E-state index is -0.436. The third-order valence-corrected chi connectivity index (χ3v) is 2.97. The zero-order valence-electron chi connectivity index (χ0n) is 13.1. The van der Waals surface area contributed by atoms with Crippen molar-refractivity contribution < 1.29 is 19.0 Å². The highest BCUT2D eigenvalue weighted by Crippen LogP contribution is 2.34. The van der Waals surface area contributed by atoms with Crippen LogP contribution in [-0.4, -0.2) is 33.0 Å². The molecule has 0 N–H and O–H groups in total. The second-order valence-corrected chi connectivity index (χ2v) is 5.18. The topological polar surface area (TPSA) is 48.0 Å². The molecule has 0 radical (unpaired) electrons. The SMILES string of the molecule is CCOc1c(Cl)cc(N(C)C(=O)OC(C)C)cc1COC. The van der Waals surface area contributed by atoms with Crippen LogP contribution in [0.4, 0.5) is 10.5 Å². The van der Waals surface area contributed by atoms with Crippen molar-refractivity contribution in [3.63, 3.8) is 0 Å². The molecular formula is C15H22ClNO4. The van der Waals surface area contributed by atoms with Gasteiger partial charge in [0.25, 0.3) is 0 Å². The Morgan fingerprint density at radius 2 is 2.05 bits per heavy atom. The maximum atomic E-state index is 11.9. The molecule has 0 aliphatic rings. The Bertz CT molecular complexity index is 491. The molecule has 0 spiro atoms. The van der Waals surface area contributed by atoms with Crippen LogP contribution in [0.1, 0.15) is 26.3 Å². The van der Waals surface area contributed by atoms with Gasteiger partial charge in [0.15, 0.2) is 0 Å². The molecule has 1 rings (SSSR count). The van der Waals surface area contributed by atoms with Crippen LogP contribution in [0.15, 0.2) is 12.1 Å². The number of carbonyl (C=O) groups excluding carboxylic acids is 1. The van der Waals surface area contributed by atoms with Crippen LogP contribution >= 0.6 is 11.6 Å². The number of halogens is 1. The molecule has 118 valence electrons. The first-order valence-electron chi connectivity index (χ1n) is 6.79. The summed E-state index contributed by atoms with van der Waals surface area (Å²) in [5.41, 5.74) is 1.41. The molecule has 0 fully saturated rings. The number of anilines is 1. The minimum absolute atomic E-state index is 0.184. The number of amides is 1. The Morgan fingerprint density at radius 3 is 2.57 bits per heavy atom. The number of carbonyl (C=O) groups is 1. The van der Waals surface area contributed by atoms with Gasteiger partial charge in [-0.25, -0.2) is 4.79 Å². The lowest BCUT2D eigenvalue weighted by Gasteiger charge is -2.21. The van der Waals surface area contributed by atoms with Gasteiger partial charge in [-0.15, -0.1) is 0 Å². The van der Waals surface area contributed by atoms with Crippen molar-refractivity contribution in [3.05, 3.63) is 22.7 Å². The number of benzene rings is 1. The first kappa shape index (κ1) is 17.6. The minimum Gasteiger partial charge on any atom is -0.492 e. The van der Waals surface area contributed by atoms with E-state index in [1.54, 1.807) is 34.1 Å². The quantitative estimate of drug-likeness (QED) is 0.799.